The summed E-state index contributed by atoms with van der Waals surface area (Å²) in [7, 11) is 2.09. The fourth-order valence-corrected chi connectivity index (χ4v) is 9.90. The molecule has 0 aromatic carbocycles. The zero-order valence-corrected chi connectivity index (χ0v) is 16.8. The van der Waals surface area contributed by atoms with Crippen LogP contribution in [0.1, 0.15) is 38.5 Å². The molecule has 0 spiro atoms. The first-order valence-electron chi connectivity index (χ1n) is 9.93. The molecule has 1 saturated heterocycles. The van der Waals surface area contributed by atoms with Gasteiger partial charge in [0.05, 0.1) is 0 Å². The van der Waals surface area contributed by atoms with E-state index in [1.165, 1.54) is 23.1 Å². The molecule has 6 rings (SSSR count). The Morgan fingerprint density at radius 3 is 2.54 bits per heavy atom. The summed E-state index contributed by atoms with van der Waals surface area (Å²) in [5.74, 6) is 4.31. The molecular weight excluding hydrogens is 357 g/mol. The molecule has 5 fully saturated rings. The molecule has 5 aliphatic rings. The van der Waals surface area contributed by atoms with Crippen molar-refractivity contribution in [1.29, 1.82) is 0 Å². The third-order valence-corrected chi connectivity index (χ3v) is 11.1. The molecule has 1 aromatic rings. The molecule has 4 aliphatic carbocycles. The molecule has 2 unspecified atom stereocenters. The summed E-state index contributed by atoms with van der Waals surface area (Å²) in [4.78, 5) is 7.37. The second kappa shape index (κ2) is 6.32. The van der Waals surface area contributed by atoms with Crippen molar-refractivity contribution in [2.24, 2.45) is 23.7 Å². The number of pyridine rings is 1. The Bertz CT molecular complexity index is 576. The summed E-state index contributed by atoms with van der Waals surface area (Å²) in [6.07, 6.45) is 11.1. The minimum atomic E-state index is -0.0877. The zero-order valence-electron chi connectivity index (χ0n) is 14.7. The van der Waals surface area contributed by atoms with E-state index in [1.807, 2.05) is 0 Å². The van der Waals surface area contributed by atoms with Crippen LogP contribution in [-0.2, 0) is 0 Å². The van der Waals surface area contributed by atoms with E-state index in [-0.39, 0.29) is 15.8 Å². The van der Waals surface area contributed by atoms with E-state index in [0.29, 0.717) is 6.04 Å². The monoisotopic (exact) mass is 387 g/mol. The number of aromatic nitrogens is 1. The van der Waals surface area contributed by atoms with Crippen molar-refractivity contribution in [1.82, 2.24) is 10.3 Å². The van der Waals surface area contributed by atoms with E-state index in [9.17, 15) is 0 Å². The number of nitrogens with one attached hydrogen (secondary N) is 1. The summed E-state index contributed by atoms with van der Waals surface area (Å²) < 4.78 is 2.52. The fraction of sp³-hybridized carbons (Fsp3) is 0.750. The number of rotatable bonds is 4. The van der Waals surface area contributed by atoms with Crippen molar-refractivity contribution in [2.75, 3.05) is 25.0 Å². The Balaban J connectivity index is 1.30. The van der Waals surface area contributed by atoms with Gasteiger partial charge in [-0.05, 0) is 0 Å². The van der Waals surface area contributed by atoms with Gasteiger partial charge < -0.3 is 0 Å². The van der Waals surface area contributed by atoms with E-state index >= 15 is 0 Å². The Morgan fingerprint density at radius 1 is 1.12 bits per heavy atom. The van der Waals surface area contributed by atoms with Crippen LogP contribution in [0.4, 0.5) is 5.69 Å². The topological polar surface area (TPSA) is 28.2 Å². The van der Waals surface area contributed by atoms with Crippen LogP contribution >= 0.6 is 0 Å². The van der Waals surface area contributed by atoms with Gasteiger partial charge in [0.2, 0.25) is 0 Å². The van der Waals surface area contributed by atoms with Crippen molar-refractivity contribution in [2.45, 2.75) is 49.3 Å². The van der Waals surface area contributed by atoms with Gasteiger partial charge in [-0.25, -0.2) is 0 Å². The third kappa shape index (κ3) is 2.82. The van der Waals surface area contributed by atoms with E-state index in [1.54, 1.807) is 32.1 Å². The second-order valence-electron chi connectivity index (χ2n) is 8.72. The van der Waals surface area contributed by atoms with E-state index < -0.39 is 0 Å². The Morgan fingerprint density at radius 2 is 1.88 bits per heavy atom. The molecule has 4 heteroatoms. The third-order valence-electron chi connectivity index (χ3n) is 7.25. The predicted octanol–water partition coefficient (Wildman–Crippen LogP) is 2.19. The quantitative estimate of drug-likeness (QED) is 0.803. The zero-order chi connectivity index (χ0) is 16.1. The molecule has 2 heterocycles. The van der Waals surface area contributed by atoms with E-state index in [4.69, 9.17) is 4.98 Å². The molecule has 1 aromatic heterocycles. The van der Waals surface area contributed by atoms with Gasteiger partial charge in [0.15, 0.2) is 0 Å². The maximum absolute atomic E-state index is 4.81. The van der Waals surface area contributed by atoms with Gasteiger partial charge in [-0.3, -0.25) is 0 Å². The fourth-order valence-electron chi connectivity index (χ4n) is 6.26. The second-order valence-corrected chi connectivity index (χ2v) is 11.8. The molecule has 0 radical (unpaired) electrons. The Kier molecular flexibility index (Phi) is 4.14. The van der Waals surface area contributed by atoms with Crippen molar-refractivity contribution in [3.8, 4) is 0 Å². The first-order chi connectivity index (χ1) is 11.8. The average Bonchev–Trinajstić information content (AvgIpc) is 3.07. The van der Waals surface area contributed by atoms with Gasteiger partial charge >= 0.3 is 153 Å². The SMILES string of the molecule is CNC1CCN(c2ccnc([AsH]C3C4CC5CC(C4)CC3C5)c2)C1. The van der Waals surface area contributed by atoms with Crippen molar-refractivity contribution >= 4 is 25.9 Å². The minimum absolute atomic E-state index is 0.0877. The summed E-state index contributed by atoms with van der Waals surface area (Å²) in [5.41, 5.74) is 1.42. The predicted molar refractivity (Wildman–Crippen MR) is 101 cm³/mol. The van der Waals surface area contributed by atoms with E-state index in [2.05, 4.69) is 35.6 Å². The normalized spacial score (nSPS) is 41.0. The molecule has 24 heavy (non-hydrogen) atoms. The van der Waals surface area contributed by atoms with Gasteiger partial charge in [-0.15, -0.1) is 0 Å². The number of hydrogen-bond donors (Lipinski definition) is 1. The van der Waals surface area contributed by atoms with E-state index in [0.717, 1.165) is 34.9 Å². The van der Waals surface area contributed by atoms with Gasteiger partial charge in [0.1, 0.15) is 0 Å². The summed E-state index contributed by atoms with van der Waals surface area (Å²) in [6, 6.07) is 5.33. The standard InChI is InChI=1S/C20H30AsN3/c1-22-17-3-5-24(12-17)18-2-4-23-19(11-18)21-20-15-7-13-6-14(9-15)10-16(20)8-13/h2,4,11,13-17,20-22H,3,5-10,12H2,1H3. The van der Waals surface area contributed by atoms with Crippen molar-refractivity contribution in [3.63, 3.8) is 0 Å². The Hall–Kier alpha value is -0.532. The summed E-state index contributed by atoms with van der Waals surface area (Å²) in [6.45, 7) is 2.34. The van der Waals surface area contributed by atoms with Crippen LogP contribution in [0.25, 0.3) is 0 Å². The van der Waals surface area contributed by atoms with Gasteiger partial charge in [-0.1, -0.05) is 0 Å². The van der Waals surface area contributed by atoms with Crippen LogP contribution in [0.5, 0.6) is 0 Å². The summed E-state index contributed by atoms with van der Waals surface area (Å²) in [5, 5.41) is 3.43. The van der Waals surface area contributed by atoms with Crippen LogP contribution in [0.2, 0.25) is 4.71 Å². The van der Waals surface area contributed by atoms with Gasteiger partial charge in [-0.2, -0.15) is 0 Å². The number of hydrogen-bond acceptors (Lipinski definition) is 3. The molecule has 4 bridgehead atoms. The van der Waals surface area contributed by atoms with Crippen LogP contribution in [0.3, 0.4) is 0 Å². The van der Waals surface area contributed by atoms with Crippen LogP contribution < -0.4 is 14.7 Å². The summed E-state index contributed by atoms with van der Waals surface area (Å²) >= 11 is -0.0877. The first-order valence-corrected chi connectivity index (χ1v) is 12.2. The average molecular weight is 387 g/mol. The van der Waals surface area contributed by atoms with Crippen molar-refractivity contribution in [3.05, 3.63) is 18.3 Å². The number of nitrogens with zero attached hydrogens (tertiary/aromatic N) is 2. The molecule has 1 aliphatic heterocycles. The Labute approximate surface area is 152 Å². The molecule has 4 saturated carbocycles. The van der Waals surface area contributed by atoms with Crippen LogP contribution in [0.15, 0.2) is 18.3 Å². The molecule has 0 amide bonds. The first kappa shape index (κ1) is 15.7. The molecule has 1 N–H and O–H groups in total. The number of anilines is 1. The van der Waals surface area contributed by atoms with Gasteiger partial charge in [0.25, 0.3) is 0 Å². The van der Waals surface area contributed by atoms with Gasteiger partial charge in [0, 0.05) is 0 Å². The van der Waals surface area contributed by atoms with Crippen LogP contribution in [-0.4, -0.2) is 46.9 Å². The molecule has 3 nitrogen and oxygen atoms in total. The maximum atomic E-state index is 4.81. The molecular formula is C20H30AsN3. The molecule has 130 valence electrons. The van der Waals surface area contributed by atoms with Crippen molar-refractivity contribution < 1.29 is 0 Å². The van der Waals surface area contributed by atoms with Crippen LogP contribution in [0, 0.1) is 23.7 Å². The number of likely N-dealkylation sites (N-methyl/N-ethyl adjacent to an activating group) is 1. The molecule has 2 atom stereocenters.